The van der Waals surface area contributed by atoms with Crippen LogP contribution in [0, 0.1) is 0 Å². The summed E-state index contributed by atoms with van der Waals surface area (Å²) in [7, 11) is 0. The zero-order valence-electron chi connectivity index (χ0n) is 18.3. The number of nitrogens with one attached hydrogen (secondary N) is 3. The molecule has 6 nitrogen and oxygen atoms in total. The average molecular weight is 432 g/mol. The number of ether oxygens (including phenoxy) is 1. The van der Waals surface area contributed by atoms with E-state index in [-0.39, 0.29) is 18.4 Å². The fourth-order valence-corrected chi connectivity index (χ4v) is 3.12. The molecule has 166 valence electrons. The van der Waals surface area contributed by atoms with Crippen molar-refractivity contribution < 1.29 is 14.3 Å². The van der Waals surface area contributed by atoms with Crippen molar-refractivity contribution in [2.45, 2.75) is 26.2 Å². The first kappa shape index (κ1) is 22.9. The van der Waals surface area contributed by atoms with Gasteiger partial charge in [-0.1, -0.05) is 49.4 Å². The second-order valence-electron chi connectivity index (χ2n) is 7.35. The number of carbonyl (C=O) groups is 2. The Bertz CT molecular complexity index is 1020. The largest absolute Gasteiger partial charge is 0.494 e. The summed E-state index contributed by atoms with van der Waals surface area (Å²) in [6, 6.07) is 25.0. The molecule has 0 bridgehead atoms. The maximum Gasteiger partial charge on any atom is 0.243 e. The van der Waals surface area contributed by atoms with Gasteiger partial charge in [-0.3, -0.25) is 9.59 Å². The molecule has 0 spiro atoms. The lowest BCUT2D eigenvalue weighted by Crippen LogP contribution is -2.21. The van der Waals surface area contributed by atoms with Gasteiger partial charge in [0.05, 0.1) is 13.2 Å². The first-order valence-corrected chi connectivity index (χ1v) is 10.8. The van der Waals surface area contributed by atoms with Gasteiger partial charge in [-0.2, -0.15) is 0 Å². The predicted octanol–water partition coefficient (Wildman–Crippen LogP) is 5.10. The van der Waals surface area contributed by atoms with Gasteiger partial charge in [0.1, 0.15) is 5.75 Å². The lowest BCUT2D eigenvalue weighted by Gasteiger charge is -2.11. The highest BCUT2D eigenvalue weighted by Crippen LogP contribution is 2.18. The molecule has 0 atom stereocenters. The Kier molecular flexibility index (Phi) is 8.69. The molecule has 0 aliphatic rings. The fourth-order valence-electron chi connectivity index (χ4n) is 3.12. The Morgan fingerprint density at radius 2 is 1.47 bits per heavy atom. The highest BCUT2D eigenvalue weighted by molar-refractivity contribution is 5.95. The van der Waals surface area contributed by atoms with Crippen molar-refractivity contribution in [1.82, 2.24) is 0 Å². The third-order valence-electron chi connectivity index (χ3n) is 4.76. The molecule has 0 heterocycles. The molecular formula is C26H29N3O3. The van der Waals surface area contributed by atoms with E-state index in [9.17, 15) is 9.59 Å². The molecule has 0 unspecified atom stereocenters. The Labute approximate surface area is 189 Å². The molecule has 0 aliphatic carbocycles. The van der Waals surface area contributed by atoms with Crippen LogP contribution in [-0.2, 0) is 16.0 Å². The lowest BCUT2D eigenvalue weighted by molar-refractivity contribution is -0.116. The van der Waals surface area contributed by atoms with Crippen molar-refractivity contribution in [2.24, 2.45) is 0 Å². The van der Waals surface area contributed by atoms with Crippen molar-refractivity contribution in [2.75, 3.05) is 29.1 Å². The van der Waals surface area contributed by atoms with Gasteiger partial charge in [-0.15, -0.1) is 0 Å². The summed E-state index contributed by atoms with van der Waals surface area (Å²) in [5, 5.41) is 8.73. The smallest absolute Gasteiger partial charge is 0.243 e. The standard InChI is InChI=1S/C26H29N3O3/c1-2-25(30)28-22-13-6-14-23(17-22)29-26(31)19-27-21-12-7-15-24(18-21)32-16-8-11-20-9-4-3-5-10-20/h3-7,9-10,12-15,17-18,27H,2,8,11,16,19H2,1H3,(H,28,30)(H,29,31). The van der Waals surface area contributed by atoms with Gasteiger partial charge >= 0.3 is 0 Å². The lowest BCUT2D eigenvalue weighted by atomic mass is 10.1. The zero-order valence-corrected chi connectivity index (χ0v) is 18.3. The number of carbonyl (C=O) groups excluding carboxylic acids is 2. The molecule has 32 heavy (non-hydrogen) atoms. The van der Waals surface area contributed by atoms with Gasteiger partial charge in [0, 0.05) is 29.5 Å². The van der Waals surface area contributed by atoms with E-state index in [0.717, 1.165) is 24.3 Å². The molecule has 0 aliphatic heterocycles. The molecule has 3 aromatic rings. The van der Waals surface area contributed by atoms with E-state index in [0.29, 0.717) is 24.4 Å². The number of benzene rings is 3. The van der Waals surface area contributed by atoms with Crippen molar-refractivity contribution >= 4 is 28.9 Å². The van der Waals surface area contributed by atoms with E-state index in [4.69, 9.17) is 4.74 Å². The van der Waals surface area contributed by atoms with E-state index in [1.165, 1.54) is 5.56 Å². The number of hydrogen-bond donors (Lipinski definition) is 3. The minimum Gasteiger partial charge on any atom is -0.494 e. The molecule has 0 saturated heterocycles. The maximum absolute atomic E-state index is 12.3. The minimum atomic E-state index is -0.182. The third-order valence-corrected chi connectivity index (χ3v) is 4.76. The highest BCUT2D eigenvalue weighted by Gasteiger charge is 2.05. The predicted molar refractivity (Wildman–Crippen MR) is 129 cm³/mol. The van der Waals surface area contributed by atoms with Crippen LogP contribution in [-0.4, -0.2) is 25.0 Å². The highest BCUT2D eigenvalue weighted by atomic mass is 16.5. The number of hydrogen-bond acceptors (Lipinski definition) is 4. The molecular weight excluding hydrogens is 402 g/mol. The zero-order chi connectivity index (χ0) is 22.6. The van der Waals surface area contributed by atoms with Crippen molar-refractivity contribution in [3.05, 3.63) is 84.4 Å². The molecule has 0 fully saturated rings. The first-order chi connectivity index (χ1) is 15.6. The number of anilines is 3. The van der Waals surface area contributed by atoms with E-state index in [2.05, 4.69) is 28.1 Å². The van der Waals surface area contributed by atoms with Crippen molar-refractivity contribution in [3.63, 3.8) is 0 Å². The normalized spacial score (nSPS) is 10.3. The quantitative estimate of drug-likeness (QED) is 0.369. The third kappa shape index (κ3) is 7.80. The van der Waals surface area contributed by atoms with Crippen LogP contribution in [0.25, 0.3) is 0 Å². The van der Waals surface area contributed by atoms with Crippen LogP contribution >= 0.6 is 0 Å². The van der Waals surface area contributed by atoms with Crippen molar-refractivity contribution in [3.8, 4) is 5.75 Å². The van der Waals surface area contributed by atoms with Gasteiger partial charge in [0.25, 0.3) is 0 Å². The maximum atomic E-state index is 12.3. The second kappa shape index (κ2) is 12.2. The minimum absolute atomic E-state index is 0.0719. The van der Waals surface area contributed by atoms with Gasteiger partial charge in [0.2, 0.25) is 11.8 Å². The molecule has 6 heteroatoms. The first-order valence-electron chi connectivity index (χ1n) is 10.8. The van der Waals surface area contributed by atoms with Gasteiger partial charge in [-0.05, 0) is 48.7 Å². The van der Waals surface area contributed by atoms with Crippen LogP contribution in [0.15, 0.2) is 78.9 Å². The monoisotopic (exact) mass is 431 g/mol. The van der Waals surface area contributed by atoms with E-state index in [1.54, 1.807) is 31.2 Å². The van der Waals surface area contributed by atoms with E-state index >= 15 is 0 Å². The molecule has 3 aromatic carbocycles. The molecule has 0 aromatic heterocycles. The second-order valence-corrected chi connectivity index (χ2v) is 7.35. The van der Waals surface area contributed by atoms with Crippen LogP contribution in [0.1, 0.15) is 25.3 Å². The Hall–Kier alpha value is -3.80. The summed E-state index contributed by atoms with van der Waals surface area (Å²) in [6.07, 6.45) is 2.31. The van der Waals surface area contributed by atoms with Crippen LogP contribution in [0.2, 0.25) is 0 Å². The van der Waals surface area contributed by atoms with Gasteiger partial charge in [0.15, 0.2) is 0 Å². The number of amides is 2. The van der Waals surface area contributed by atoms with Crippen LogP contribution in [0.4, 0.5) is 17.1 Å². The molecule has 2 amide bonds. The van der Waals surface area contributed by atoms with E-state index < -0.39 is 0 Å². The van der Waals surface area contributed by atoms with E-state index in [1.807, 2.05) is 42.5 Å². The van der Waals surface area contributed by atoms with Gasteiger partial charge in [-0.25, -0.2) is 0 Å². The number of rotatable bonds is 11. The summed E-state index contributed by atoms with van der Waals surface area (Å²) in [6.45, 7) is 2.53. The molecule has 3 rings (SSSR count). The average Bonchev–Trinajstić information content (AvgIpc) is 2.82. The fraction of sp³-hybridized carbons (Fsp3) is 0.231. The summed E-state index contributed by atoms with van der Waals surface area (Å²) in [5.74, 6) is 0.512. The van der Waals surface area contributed by atoms with Crippen LogP contribution < -0.4 is 20.7 Å². The molecule has 0 radical (unpaired) electrons. The Balaban J connectivity index is 1.43. The molecule has 0 saturated carbocycles. The summed E-state index contributed by atoms with van der Waals surface area (Å²) in [4.78, 5) is 23.8. The van der Waals surface area contributed by atoms with Crippen LogP contribution in [0.5, 0.6) is 5.75 Å². The Morgan fingerprint density at radius 1 is 0.781 bits per heavy atom. The summed E-state index contributed by atoms with van der Waals surface area (Å²) >= 11 is 0. The van der Waals surface area contributed by atoms with Crippen LogP contribution in [0.3, 0.4) is 0 Å². The summed E-state index contributed by atoms with van der Waals surface area (Å²) < 4.78 is 5.85. The SMILES string of the molecule is CCC(=O)Nc1cccc(NC(=O)CNc2cccc(OCCCc3ccccc3)c2)c1. The van der Waals surface area contributed by atoms with Crippen molar-refractivity contribution in [1.29, 1.82) is 0 Å². The summed E-state index contributed by atoms with van der Waals surface area (Å²) in [5.41, 5.74) is 3.39. The molecule has 3 N–H and O–H groups in total. The number of aryl methyl sites for hydroxylation is 1. The van der Waals surface area contributed by atoms with Gasteiger partial charge < -0.3 is 20.7 Å². The topological polar surface area (TPSA) is 79.5 Å². The Morgan fingerprint density at radius 3 is 2.22 bits per heavy atom.